The van der Waals surface area contributed by atoms with Crippen molar-refractivity contribution in [3.8, 4) is 0 Å². The topological polar surface area (TPSA) is 72.3 Å². The molecule has 4 N–H and O–H groups in total. The van der Waals surface area contributed by atoms with Gasteiger partial charge in [-0.15, -0.1) is 0 Å². The van der Waals surface area contributed by atoms with Crippen LogP contribution in [0.5, 0.6) is 0 Å². The zero-order chi connectivity index (χ0) is 14.0. The van der Waals surface area contributed by atoms with E-state index >= 15 is 0 Å². The van der Waals surface area contributed by atoms with Crippen molar-refractivity contribution in [3.05, 3.63) is 22.7 Å². The molecule has 1 amide bonds. The number of carbonyl (C=O) groups excluding carboxylic acids is 1. The van der Waals surface area contributed by atoms with Crippen LogP contribution in [0.4, 0.5) is 11.4 Å². The smallest absolute Gasteiger partial charge is 0.236 e. The van der Waals surface area contributed by atoms with Crippen LogP contribution in [0.15, 0.2) is 12.1 Å². The van der Waals surface area contributed by atoms with Gasteiger partial charge in [-0.1, -0.05) is 24.4 Å². The van der Waals surface area contributed by atoms with Gasteiger partial charge >= 0.3 is 0 Å². The number of halogens is 1. The number of amides is 1. The molecule has 0 atom stereocenters. The van der Waals surface area contributed by atoms with E-state index in [2.05, 4.69) is 4.90 Å². The average molecular weight is 282 g/mol. The highest BCUT2D eigenvalue weighted by atomic mass is 35.5. The first-order chi connectivity index (χ1) is 8.99. The molecule has 104 valence electrons. The minimum absolute atomic E-state index is 0.228. The minimum Gasteiger partial charge on any atom is -0.398 e. The van der Waals surface area contributed by atoms with Gasteiger partial charge in [-0.3, -0.25) is 4.79 Å². The van der Waals surface area contributed by atoms with Crippen LogP contribution in [-0.4, -0.2) is 18.5 Å². The number of nitrogen functional groups attached to an aromatic ring is 1. The van der Waals surface area contributed by atoms with E-state index < -0.39 is 0 Å². The molecule has 1 aromatic rings. The van der Waals surface area contributed by atoms with Gasteiger partial charge in [0.25, 0.3) is 0 Å². The molecule has 0 spiro atoms. The SMILES string of the molecule is Cc1cc(N)c(Cl)cc1N(CC(N)=O)C1CCCC1. The van der Waals surface area contributed by atoms with Gasteiger partial charge in [-0.05, 0) is 37.5 Å². The van der Waals surface area contributed by atoms with Gasteiger partial charge < -0.3 is 16.4 Å². The molecule has 1 aliphatic carbocycles. The van der Waals surface area contributed by atoms with Crippen LogP contribution in [-0.2, 0) is 4.79 Å². The predicted molar refractivity (Wildman–Crippen MR) is 79.4 cm³/mol. The molecular weight excluding hydrogens is 262 g/mol. The van der Waals surface area contributed by atoms with E-state index in [1.807, 2.05) is 19.1 Å². The Morgan fingerprint density at radius 2 is 2.05 bits per heavy atom. The lowest BCUT2D eigenvalue weighted by Crippen LogP contribution is -2.40. The second-order valence-electron chi connectivity index (χ2n) is 5.19. The first-order valence-corrected chi connectivity index (χ1v) is 6.97. The normalized spacial score (nSPS) is 15.7. The van der Waals surface area contributed by atoms with Crippen LogP contribution in [0, 0.1) is 6.92 Å². The van der Waals surface area contributed by atoms with E-state index in [9.17, 15) is 4.79 Å². The van der Waals surface area contributed by atoms with E-state index in [4.69, 9.17) is 23.1 Å². The summed E-state index contributed by atoms with van der Waals surface area (Å²) in [5.41, 5.74) is 13.7. The molecule has 1 fully saturated rings. The van der Waals surface area contributed by atoms with Crippen molar-refractivity contribution in [2.24, 2.45) is 5.73 Å². The van der Waals surface area contributed by atoms with Crippen LogP contribution in [0.25, 0.3) is 0 Å². The van der Waals surface area contributed by atoms with Gasteiger partial charge in [0.1, 0.15) is 0 Å². The molecule has 1 aromatic carbocycles. The number of aryl methyl sites for hydroxylation is 1. The molecule has 1 aliphatic rings. The molecule has 0 aliphatic heterocycles. The standard InChI is InChI=1S/C14H20ClN3O/c1-9-6-12(16)11(15)7-13(9)18(8-14(17)19)10-4-2-3-5-10/h6-7,10H,2-5,8,16H2,1H3,(H2,17,19). The predicted octanol–water partition coefficient (Wildman–Crippen LogP) is 2.46. The van der Waals surface area contributed by atoms with Crippen LogP contribution in [0.2, 0.25) is 5.02 Å². The fraction of sp³-hybridized carbons (Fsp3) is 0.500. The van der Waals surface area contributed by atoms with Crippen molar-refractivity contribution in [1.82, 2.24) is 0 Å². The van der Waals surface area contributed by atoms with E-state index in [0.29, 0.717) is 16.8 Å². The maximum atomic E-state index is 11.3. The second-order valence-corrected chi connectivity index (χ2v) is 5.60. The summed E-state index contributed by atoms with van der Waals surface area (Å²) < 4.78 is 0. The summed E-state index contributed by atoms with van der Waals surface area (Å²) in [6, 6.07) is 4.06. The van der Waals surface area contributed by atoms with Crippen molar-refractivity contribution in [1.29, 1.82) is 0 Å². The largest absolute Gasteiger partial charge is 0.398 e. The van der Waals surface area contributed by atoms with Crippen LogP contribution < -0.4 is 16.4 Å². The lowest BCUT2D eigenvalue weighted by molar-refractivity contribution is -0.116. The second kappa shape index (κ2) is 5.70. The van der Waals surface area contributed by atoms with Gasteiger partial charge in [-0.2, -0.15) is 0 Å². The van der Waals surface area contributed by atoms with Gasteiger partial charge in [0, 0.05) is 11.7 Å². The molecule has 0 aromatic heterocycles. The number of nitrogens with two attached hydrogens (primary N) is 2. The highest BCUT2D eigenvalue weighted by Gasteiger charge is 2.25. The number of primary amides is 1. The van der Waals surface area contributed by atoms with E-state index in [1.54, 1.807) is 0 Å². The van der Waals surface area contributed by atoms with Gasteiger partial charge in [0.15, 0.2) is 0 Å². The van der Waals surface area contributed by atoms with Gasteiger partial charge in [0.05, 0.1) is 17.3 Å². The summed E-state index contributed by atoms with van der Waals surface area (Å²) >= 11 is 6.11. The van der Waals surface area contributed by atoms with E-state index in [1.165, 1.54) is 12.8 Å². The Kier molecular flexibility index (Phi) is 4.20. The fourth-order valence-electron chi connectivity index (χ4n) is 2.80. The van der Waals surface area contributed by atoms with Crippen LogP contribution in [0.1, 0.15) is 31.2 Å². The van der Waals surface area contributed by atoms with E-state index in [-0.39, 0.29) is 12.5 Å². The molecule has 0 radical (unpaired) electrons. The Hall–Kier alpha value is -1.42. The van der Waals surface area contributed by atoms with Crippen molar-refractivity contribution < 1.29 is 4.79 Å². The summed E-state index contributed by atoms with van der Waals surface area (Å²) in [5, 5.41) is 0.521. The third-order valence-corrected chi connectivity index (χ3v) is 4.04. The zero-order valence-electron chi connectivity index (χ0n) is 11.2. The molecule has 5 heteroatoms. The summed E-state index contributed by atoms with van der Waals surface area (Å²) in [6.07, 6.45) is 4.58. The lowest BCUT2D eigenvalue weighted by atomic mass is 10.1. The number of hydrogen-bond donors (Lipinski definition) is 2. The van der Waals surface area contributed by atoms with Crippen molar-refractivity contribution in [2.45, 2.75) is 38.6 Å². The quantitative estimate of drug-likeness (QED) is 0.833. The first kappa shape index (κ1) is 14.0. The number of benzene rings is 1. The Bertz CT molecular complexity index is 484. The van der Waals surface area contributed by atoms with Crippen molar-refractivity contribution in [2.75, 3.05) is 17.2 Å². The Labute approximate surface area is 118 Å². The third-order valence-electron chi connectivity index (χ3n) is 3.72. The molecule has 0 unspecified atom stereocenters. The lowest BCUT2D eigenvalue weighted by Gasteiger charge is -2.31. The highest BCUT2D eigenvalue weighted by molar-refractivity contribution is 6.33. The Morgan fingerprint density at radius 3 is 2.63 bits per heavy atom. The maximum Gasteiger partial charge on any atom is 0.236 e. The Balaban J connectivity index is 2.36. The molecule has 0 bridgehead atoms. The van der Waals surface area contributed by atoms with Gasteiger partial charge in [-0.25, -0.2) is 0 Å². The summed E-state index contributed by atoms with van der Waals surface area (Å²) in [7, 11) is 0. The minimum atomic E-state index is -0.320. The number of hydrogen-bond acceptors (Lipinski definition) is 3. The van der Waals surface area contributed by atoms with Crippen molar-refractivity contribution in [3.63, 3.8) is 0 Å². The monoisotopic (exact) mass is 281 g/mol. The number of anilines is 2. The maximum absolute atomic E-state index is 11.3. The number of nitrogens with zero attached hydrogens (tertiary/aromatic N) is 1. The van der Waals surface area contributed by atoms with Gasteiger partial charge in [0.2, 0.25) is 5.91 Å². The van der Waals surface area contributed by atoms with E-state index in [0.717, 1.165) is 24.1 Å². The first-order valence-electron chi connectivity index (χ1n) is 6.59. The molecule has 1 saturated carbocycles. The summed E-state index contributed by atoms with van der Waals surface area (Å²) in [5.74, 6) is -0.320. The summed E-state index contributed by atoms with van der Waals surface area (Å²) in [6.45, 7) is 2.21. The number of carbonyl (C=O) groups is 1. The molecule has 0 heterocycles. The third kappa shape index (κ3) is 3.13. The highest BCUT2D eigenvalue weighted by Crippen LogP contribution is 2.34. The zero-order valence-corrected chi connectivity index (χ0v) is 11.9. The molecule has 2 rings (SSSR count). The summed E-state index contributed by atoms with van der Waals surface area (Å²) in [4.78, 5) is 13.4. The molecular formula is C14H20ClN3O. The Morgan fingerprint density at radius 1 is 1.42 bits per heavy atom. The average Bonchev–Trinajstić information content (AvgIpc) is 2.84. The van der Waals surface area contributed by atoms with Crippen molar-refractivity contribution >= 4 is 28.9 Å². The molecule has 0 saturated heterocycles. The van der Waals surface area contributed by atoms with Crippen LogP contribution in [0.3, 0.4) is 0 Å². The molecule has 19 heavy (non-hydrogen) atoms. The fourth-order valence-corrected chi connectivity index (χ4v) is 2.96. The number of rotatable bonds is 4. The molecule has 4 nitrogen and oxygen atoms in total. The van der Waals surface area contributed by atoms with Crippen LogP contribution >= 0.6 is 11.6 Å².